The van der Waals surface area contributed by atoms with Crippen LogP contribution in [0.4, 0.5) is 0 Å². The third-order valence-corrected chi connectivity index (χ3v) is 3.32. The third kappa shape index (κ3) is 4.67. The molecule has 1 rings (SSSR count). The Balaban J connectivity index is 2.59. The normalized spacial score (nSPS) is 12.7. The fraction of sp³-hybridized carbons (Fsp3) is 0.600. The quantitative estimate of drug-likeness (QED) is 0.747. The van der Waals surface area contributed by atoms with Crippen LogP contribution in [0.3, 0.4) is 0 Å². The van der Waals surface area contributed by atoms with Crippen LogP contribution in [0, 0.1) is 5.92 Å². The maximum absolute atomic E-state index is 9.88. The van der Waals surface area contributed by atoms with Gasteiger partial charge in [0, 0.05) is 0 Å². The van der Waals surface area contributed by atoms with E-state index in [1.54, 1.807) is 0 Å². The van der Waals surface area contributed by atoms with Crippen molar-refractivity contribution in [2.24, 2.45) is 11.7 Å². The molecule has 0 aliphatic heterocycles. The van der Waals surface area contributed by atoms with E-state index in [-0.39, 0.29) is 0 Å². The zero-order valence-electron chi connectivity index (χ0n) is 11.4. The van der Waals surface area contributed by atoms with E-state index in [0.717, 1.165) is 30.8 Å². The van der Waals surface area contributed by atoms with Crippen LogP contribution in [0.25, 0.3) is 0 Å². The number of nitrogens with two attached hydrogens (primary N) is 1. The van der Waals surface area contributed by atoms with E-state index in [2.05, 4.69) is 13.8 Å². The molecule has 0 bridgehead atoms. The van der Waals surface area contributed by atoms with Gasteiger partial charge in [-0.25, -0.2) is 0 Å². The van der Waals surface area contributed by atoms with Crippen LogP contribution in [-0.4, -0.2) is 18.3 Å². The van der Waals surface area contributed by atoms with Crippen molar-refractivity contribution < 1.29 is 9.84 Å². The van der Waals surface area contributed by atoms with Gasteiger partial charge in [0.05, 0.1) is 12.7 Å². The zero-order valence-corrected chi connectivity index (χ0v) is 11.4. The second-order valence-corrected chi connectivity index (χ2v) is 4.66. The number of hydrogen-bond acceptors (Lipinski definition) is 3. The first-order valence-corrected chi connectivity index (χ1v) is 6.82. The fourth-order valence-electron chi connectivity index (χ4n) is 1.87. The van der Waals surface area contributed by atoms with E-state index in [4.69, 9.17) is 10.5 Å². The molecule has 0 fully saturated rings. The molecular formula is C15H25NO2. The molecule has 0 heterocycles. The zero-order chi connectivity index (χ0) is 13.4. The molecule has 3 heteroatoms. The lowest BCUT2D eigenvalue weighted by molar-refractivity contribution is 0.169. The molecule has 0 aliphatic carbocycles. The van der Waals surface area contributed by atoms with Gasteiger partial charge in [-0.1, -0.05) is 38.8 Å². The second kappa shape index (κ2) is 8.11. The van der Waals surface area contributed by atoms with Crippen molar-refractivity contribution in [1.82, 2.24) is 0 Å². The summed E-state index contributed by atoms with van der Waals surface area (Å²) in [7, 11) is 0. The summed E-state index contributed by atoms with van der Waals surface area (Å²) in [6.07, 6.45) is 2.35. The number of aliphatic hydroxyl groups is 1. The number of aliphatic hydroxyl groups excluding tert-OH is 1. The number of benzene rings is 1. The van der Waals surface area contributed by atoms with Crippen LogP contribution in [0.2, 0.25) is 0 Å². The van der Waals surface area contributed by atoms with Gasteiger partial charge in [-0.05, 0) is 36.6 Å². The Hall–Kier alpha value is -1.06. The molecule has 102 valence electrons. The van der Waals surface area contributed by atoms with Gasteiger partial charge in [-0.3, -0.25) is 0 Å². The first-order chi connectivity index (χ1) is 8.71. The monoisotopic (exact) mass is 251 g/mol. The van der Waals surface area contributed by atoms with Crippen LogP contribution in [0.5, 0.6) is 5.75 Å². The van der Waals surface area contributed by atoms with Crippen LogP contribution in [0.1, 0.15) is 44.8 Å². The summed E-state index contributed by atoms with van der Waals surface area (Å²) in [6, 6.07) is 7.66. The summed E-state index contributed by atoms with van der Waals surface area (Å²) in [5.74, 6) is 1.43. The summed E-state index contributed by atoms with van der Waals surface area (Å²) >= 11 is 0. The molecule has 0 aromatic heterocycles. The Morgan fingerprint density at radius 1 is 1.28 bits per heavy atom. The molecule has 0 amide bonds. The van der Waals surface area contributed by atoms with Crippen molar-refractivity contribution in [2.45, 2.75) is 39.2 Å². The topological polar surface area (TPSA) is 55.5 Å². The predicted octanol–water partition coefficient (Wildman–Crippen LogP) is 2.88. The smallest absolute Gasteiger partial charge is 0.119 e. The van der Waals surface area contributed by atoms with Crippen LogP contribution >= 0.6 is 0 Å². The average molecular weight is 251 g/mol. The largest absolute Gasteiger partial charge is 0.493 e. The summed E-state index contributed by atoms with van der Waals surface area (Å²) in [4.78, 5) is 0. The first-order valence-electron chi connectivity index (χ1n) is 6.82. The van der Waals surface area contributed by atoms with Crippen molar-refractivity contribution in [2.75, 3.05) is 13.2 Å². The highest BCUT2D eigenvalue weighted by Crippen LogP contribution is 2.22. The van der Waals surface area contributed by atoms with Crippen molar-refractivity contribution in [3.8, 4) is 5.75 Å². The molecule has 1 aromatic carbocycles. The molecule has 0 saturated carbocycles. The van der Waals surface area contributed by atoms with Crippen LogP contribution in [-0.2, 0) is 0 Å². The lowest BCUT2D eigenvalue weighted by Crippen LogP contribution is -2.10. The number of hydrogen-bond donors (Lipinski definition) is 2. The van der Waals surface area contributed by atoms with Gasteiger partial charge in [0.25, 0.3) is 0 Å². The van der Waals surface area contributed by atoms with Gasteiger partial charge in [-0.15, -0.1) is 0 Å². The molecule has 3 nitrogen and oxygen atoms in total. The molecular weight excluding hydrogens is 226 g/mol. The third-order valence-electron chi connectivity index (χ3n) is 3.32. The number of rotatable bonds is 8. The molecule has 0 unspecified atom stereocenters. The van der Waals surface area contributed by atoms with E-state index in [0.29, 0.717) is 18.9 Å². The molecule has 1 atom stereocenters. The maximum Gasteiger partial charge on any atom is 0.119 e. The van der Waals surface area contributed by atoms with E-state index < -0.39 is 6.10 Å². The van der Waals surface area contributed by atoms with Crippen molar-refractivity contribution >= 4 is 0 Å². The van der Waals surface area contributed by atoms with Crippen LogP contribution < -0.4 is 10.5 Å². The summed E-state index contributed by atoms with van der Waals surface area (Å²) in [5.41, 5.74) is 6.33. The summed E-state index contributed by atoms with van der Waals surface area (Å²) in [6.45, 7) is 5.58. The summed E-state index contributed by atoms with van der Waals surface area (Å²) in [5, 5.41) is 9.88. The molecule has 0 spiro atoms. The molecule has 3 N–H and O–H groups in total. The highest BCUT2D eigenvalue weighted by Gasteiger charge is 2.08. The number of ether oxygens (including phenoxy) is 1. The van der Waals surface area contributed by atoms with Crippen LogP contribution in [0.15, 0.2) is 24.3 Å². The van der Waals surface area contributed by atoms with E-state index >= 15 is 0 Å². The maximum atomic E-state index is 9.88. The minimum atomic E-state index is -0.494. The van der Waals surface area contributed by atoms with Gasteiger partial charge in [0.15, 0.2) is 0 Å². The van der Waals surface area contributed by atoms with Gasteiger partial charge < -0.3 is 15.6 Å². The highest BCUT2D eigenvalue weighted by atomic mass is 16.5. The van der Waals surface area contributed by atoms with Crippen molar-refractivity contribution in [3.63, 3.8) is 0 Å². The minimum absolute atomic E-state index is 0.486. The van der Waals surface area contributed by atoms with Gasteiger partial charge >= 0.3 is 0 Å². The van der Waals surface area contributed by atoms with Crippen molar-refractivity contribution in [3.05, 3.63) is 29.8 Å². The van der Waals surface area contributed by atoms with Gasteiger partial charge in [-0.2, -0.15) is 0 Å². The Kier molecular flexibility index (Phi) is 6.76. The first kappa shape index (κ1) is 15.0. The molecule has 0 saturated heterocycles. The minimum Gasteiger partial charge on any atom is -0.493 e. The Labute approximate surface area is 110 Å². The second-order valence-electron chi connectivity index (χ2n) is 4.66. The fourth-order valence-corrected chi connectivity index (χ4v) is 1.87. The molecule has 18 heavy (non-hydrogen) atoms. The lowest BCUT2D eigenvalue weighted by Gasteiger charge is -2.15. The molecule has 0 aliphatic rings. The van der Waals surface area contributed by atoms with E-state index in [1.807, 2.05) is 24.3 Å². The Bertz CT molecular complexity index is 337. The van der Waals surface area contributed by atoms with Crippen molar-refractivity contribution in [1.29, 1.82) is 0 Å². The summed E-state index contributed by atoms with van der Waals surface area (Å²) < 4.78 is 5.78. The van der Waals surface area contributed by atoms with Gasteiger partial charge in [0.2, 0.25) is 0 Å². The Morgan fingerprint density at radius 2 is 2.00 bits per heavy atom. The lowest BCUT2D eigenvalue weighted by atomic mass is 10.0. The average Bonchev–Trinajstić information content (AvgIpc) is 2.40. The van der Waals surface area contributed by atoms with Gasteiger partial charge in [0.1, 0.15) is 5.75 Å². The predicted molar refractivity (Wildman–Crippen MR) is 74.6 cm³/mol. The standard InChI is InChI=1S/C15H25NO2/c1-3-12(4-2)11-18-14-7-5-6-13(10-14)15(17)8-9-16/h5-7,10,12,15,17H,3-4,8-9,11,16H2,1-2H3/t15-/m1/s1. The van der Waals surface area contributed by atoms with E-state index in [9.17, 15) is 5.11 Å². The Morgan fingerprint density at radius 3 is 2.61 bits per heavy atom. The highest BCUT2D eigenvalue weighted by molar-refractivity contribution is 5.29. The molecule has 0 radical (unpaired) electrons. The SMILES string of the molecule is CCC(CC)COc1cccc([C@H](O)CCN)c1. The van der Waals surface area contributed by atoms with E-state index in [1.165, 1.54) is 0 Å². The molecule has 1 aromatic rings.